The van der Waals surface area contributed by atoms with E-state index in [9.17, 15) is 28.1 Å². The third-order valence-corrected chi connectivity index (χ3v) is 2.08. The van der Waals surface area contributed by atoms with Crippen LogP contribution in [0.2, 0.25) is 0 Å². The molecule has 0 bridgehead atoms. The number of carboxylic acid groups (broad SMARTS) is 1. The highest BCUT2D eigenvalue weighted by atomic mass is 19.4. The summed E-state index contributed by atoms with van der Waals surface area (Å²) in [6, 6.07) is 1.81. The van der Waals surface area contributed by atoms with E-state index in [0.717, 1.165) is 18.2 Å². The highest BCUT2D eigenvalue weighted by molar-refractivity contribution is 5.79. The van der Waals surface area contributed by atoms with E-state index in [2.05, 4.69) is 0 Å². The Balaban J connectivity index is 2.97. The second-order valence-electron chi connectivity index (χ2n) is 3.49. The molecule has 0 fully saturated rings. The van der Waals surface area contributed by atoms with Crippen LogP contribution in [0.1, 0.15) is 5.56 Å². The van der Waals surface area contributed by atoms with Gasteiger partial charge in [0.1, 0.15) is 6.61 Å². The molecule has 1 N–H and O–H groups in total. The number of carbonyl (C=O) groups is 1. The third kappa shape index (κ3) is 4.26. The first-order valence-corrected chi connectivity index (χ1v) is 5.09. The van der Waals surface area contributed by atoms with Crippen molar-refractivity contribution in [2.75, 3.05) is 6.61 Å². The van der Waals surface area contributed by atoms with Crippen LogP contribution in [0.4, 0.5) is 18.9 Å². The standard InChI is InChI=1S/C11H8F3NO5/c12-11(13,14)7-3-4-9(8(6-7)15(18)19)20-5-1-2-10(16)17/h1-4,6H,5H2,(H,16,17)/b2-1+. The zero-order valence-electron chi connectivity index (χ0n) is 9.76. The molecule has 0 saturated heterocycles. The van der Waals surface area contributed by atoms with Gasteiger partial charge in [-0.25, -0.2) is 4.79 Å². The van der Waals surface area contributed by atoms with Crippen molar-refractivity contribution in [2.45, 2.75) is 6.18 Å². The maximum Gasteiger partial charge on any atom is 0.416 e. The molecule has 108 valence electrons. The summed E-state index contributed by atoms with van der Waals surface area (Å²) >= 11 is 0. The van der Waals surface area contributed by atoms with E-state index in [1.165, 1.54) is 0 Å². The number of halogens is 3. The molecule has 0 aromatic heterocycles. The average molecular weight is 291 g/mol. The van der Waals surface area contributed by atoms with Crippen LogP contribution in [0.5, 0.6) is 5.75 Å². The second kappa shape index (κ2) is 6.04. The second-order valence-corrected chi connectivity index (χ2v) is 3.49. The Labute approximate surface area is 110 Å². The summed E-state index contributed by atoms with van der Waals surface area (Å²) < 4.78 is 42.1. The summed E-state index contributed by atoms with van der Waals surface area (Å²) in [6.45, 7) is -0.321. The van der Waals surface area contributed by atoms with Gasteiger partial charge in [0.05, 0.1) is 10.5 Å². The fraction of sp³-hybridized carbons (Fsp3) is 0.182. The molecule has 0 aliphatic heterocycles. The van der Waals surface area contributed by atoms with Crippen molar-refractivity contribution < 1.29 is 32.7 Å². The van der Waals surface area contributed by atoms with E-state index in [1.807, 2.05) is 0 Å². The van der Waals surface area contributed by atoms with Gasteiger partial charge >= 0.3 is 17.8 Å². The molecule has 0 aliphatic carbocycles. The fourth-order valence-electron chi connectivity index (χ4n) is 1.25. The summed E-state index contributed by atoms with van der Waals surface area (Å²) in [6.07, 6.45) is -2.90. The van der Waals surface area contributed by atoms with Crippen molar-refractivity contribution in [3.63, 3.8) is 0 Å². The van der Waals surface area contributed by atoms with E-state index >= 15 is 0 Å². The summed E-state index contributed by atoms with van der Waals surface area (Å²) in [7, 11) is 0. The maximum atomic E-state index is 12.4. The van der Waals surface area contributed by atoms with Crippen LogP contribution in [0.3, 0.4) is 0 Å². The van der Waals surface area contributed by atoms with Crippen LogP contribution >= 0.6 is 0 Å². The Hall–Kier alpha value is -2.58. The van der Waals surface area contributed by atoms with Crippen LogP contribution in [-0.2, 0) is 11.0 Å². The molecule has 0 amide bonds. The number of hydrogen-bond donors (Lipinski definition) is 1. The van der Waals surface area contributed by atoms with Gasteiger partial charge < -0.3 is 9.84 Å². The van der Waals surface area contributed by atoms with Crippen molar-refractivity contribution in [3.05, 3.63) is 46.0 Å². The lowest BCUT2D eigenvalue weighted by Gasteiger charge is -2.09. The molecule has 0 unspecified atom stereocenters. The van der Waals surface area contributed by atoms with Gasteiger partial charge in [-0.15, -0.1) is 0 Å². The molecule has 0 saturated carbocycles. The highest BCUT2D eigenvalue weighted by Crippen LogP contribution is 2.35. The van der Waals surface area contributed by atoms with E-state index in [0.29, 0.717) is 12.1 Å². The quantitative estimate of drug-likeness (QED) is 0.511. The van der Waals surface area contributed by atoms with Crippen molar-refractivity contribution in [2.24, 2.45) is 0 Å². The van der Waals surface area contributed by atoms with Crippen LogP contribution < -0.4 is 4.74 Å². The van der Waals surface area contributed by atoms with Crippen molar-refractivity contribution in [1.29, 1.82) is 0 Å². The number of ether oxygens (including phenoxy) is 1. The largest absolute Gasteiger partial charge is 0.483 e. The maximum absolute atomic E-state index is 12.4. The number of rotatable bonds is 5. The van der Waals surface area contributed by atoms with Gasteiger partial charge in [-0.1, -0.05) is 0 Å². The van der Waals surface area contributed by atoms with Gasteiger partial charge in [-0.3, -0.25) is 10.1 Å². The Kier molecular flexibility index (Phi) is 4.68. The van der Waals surface area contributed by atoms with Gasteiger partial charge in [-0.2, -0.15) is 13.2 Å². The van der Waals surface area contributed by atoms with Crippen molar-refractivity contribution >= 4 is 11.7 Å². The van der Waals surface area contributed by atoms with Crippen LogP contribution in [0.25, 0.3) is 0 Å². The number of carboxylic acids is 1. The predicted octanol–water partition coefficient (Wildman–Crippen LogP) is 2.63. The van der Waals surface area contributed by atoms with E-state index < -0.39 is 28.3 Å². The average Bonchev–Trinajstić information content (AvgIpc) is 2.33. The molecule has 20 heavy (non-hydrogen) atoms. The fourth-order valence-corrected chi connectivity index (χ4v) is 1.25. The zero-order chi connectivity index (χ0) is 15.3. The number of hydrogen-bond acceptors (Lipinski definition) is 4. The van der Waals surface area contributed by atoms with Crippen LogP contribution in [-0.4, -0.2) is 22.6 Å². The highest BCUT2D eigenvalue weighted by Gasteiger charge is 2.33. The number of benzene rings is 1. The molecule has 0 spiro atoms. The minimum atomic E-state index is -4.70. The van der Waals surface area contributed by atoms with Gasteiger partial charge in [-0.05, 0) is 18.2 Å². The SMILES string of the molecule is O=C(O)/C=C/COc1ccc(C(F)(F)F)cc1[N+](=O)[O-]. The van der Waals surface area contributed by atoms with Gasteiger partial charge in [0.15, 0.2) is 5.75 Å². The lowest BCUT2D eigenvalue weighted by molar-refractivity contribution is -0.386. The van der Waals surface area contributed by atoms with E-state index in [1.54, 1.807) is 0 Å². The Bertz CT molecular complexity index is 553. The molecule has 1 aromatic rings. The molecular formula is C11H8F3NO5. The van der Waals surface area contributed by atoms with E-state index in [4.69, 9.17) is 9.84 Å². The van der Waals surface area contributed by atoms with Gasteiger partial charge in [0.25, 0.3) is 0 Å². The third-order valence-electron chi connectivity index (χ3n) is 2.08. The minimum absolute atomic E-state index is 0.321. The summed E-state index contributed by atoms with van der Waals surface area (Å²) in [5.41, 5.74) is -2.01. The lowest BCUT2D eigenvalue weighted by atomic mass is 10.2. The first kappa shape index (κ1) is 15.5. The Morgan fingerprint density at radius 2 is 2.10 bits per heavy atom. The smallest absolute Gasteiger partial charge is 0.416 e. The molecule has 0 heterocycles. The summed E-state index contributed by atoms with van der Waals surface area (Å²) in [4.78, 5) is 19.8. The molecular weight excluding hydrogens is 283 g/mol. The number of aliphatic carboxylic acids is 1. The number of nitro groups is 1. The van der Waals surface area contributed by atoms with Crippen molar-refractivity contribution in [3.8, 4) is 5.75 Å². The number of nitrogens with zero attached hydrogens (tertiary/aromatic N) is 1. The molecule has 1 aromatic carbocycles. The first-order chi connectivity index (χ1) is 9.21. The molecule has 0 atom stereocenters. The number of nitro benzene ring substituents is 1. The van der Waals surface area contributed by atoms with E-state index in [-0.39, 0.29) is 12.4 Å². The molecule has 9 heteroatoms. The van der Waals surface area contributed by atoms with Crippen LogP contribution in [0.15, 0.2) is 30.4 Å². The van der Waals surface area contributed by atoms with Crippen LogP contribution in [0, 0.1) is 10.1 Å². The number of alkyl halides is 3. The van der Waals surface area contributed by atoms with Gasteiger partial charge in [0.2, 0.25) is 0 Å². The molecule has 0 radical (unpaired) electrons. The first-order valence-electron chi connectivity index (χ1n) is 5.09. The Morgan fingerprint density at radius 3 is 2.60 bits per heavy atom. The topological polar surface area (TPSA) is 89.7 Å². The molecule has 1 rings (SSSR count). The minimum Gasteiger partial charge on any atom is -0.483 e. The zero-order valence-corrected chi connectivity index (χ0v) is 9.76. The normalized spacial score (nSPS) is 11.6. The molecule has 0 aliphatic rings. The molecule has 6 nitrogen and oxygen atoms in total. The summed E-state index contributed by atoms with van der Waals surface area (Å²) in [5, 5.41) is 19.0. The van der Waals surface area contributed by atoms with Gasteiger partial charge in [0, 0.05) is 12.1 Å². The predicted molar refractivity (Wildman–Crippen MR) is 60.4 cm³/mol. The summed E-state index contributed by atoms with van der Waals surface area (Å²) in [5.74, 6) is -1.62. The Morgan fingerprint density at radius 1 is 1.45 bits per heavy atom. The monoisotopic (exact) mass is 291 g/mol. The lowest BCUT2D eigenvalue weighted by Crippen LogP contribution is -2.07. The van der Waals surface area contributed by atoms with Crippen molar-refractivity contribution in [1.82, 2.24) is 0 Å².